The lowest BCUT2D eigenvalue weighted by Gasteiger charge is -2.12. The SMILES string of the molecule is CCCCNC(=S)Nc1ccc(OC)c(OC)c1. The van der Waals surface area contributed by atoms with Crippen molar-refractivity contribution in [1.29, 1.82) is 0 Å². The van der Waals surface area contributed by atoms with E-state index in [0.29, 0.717) is 16.6 Å². The largest absolute Gasteiger partial charge is 0.493 e. The number of unbranched alkanes of at least 4 members (excludes halogenated alkanes) is 1. The van der Waals surface area contributed by atoms with Crippen molar-refractivity contribution in [3.05, 3.63) is 18.2 Å². The van der Waals surface area contributed by atoms with Crippen LogP contribution in [0.3, 0.4) is 0 Å². The predicted molar refractivity (Wildman–Crippen MR) is 78.7 cm³/mol. The van der Waals surface area contributed by atoms with Gasteiger partial charge in [0.15, 0.2) is 16.6 Å². The molecule has 1 aromatic carbocycles. The van der Waals surface area contributed by atoms with E-state index in [1.165, 1.54) is 0 Å². The molecule has 5 heteroatoms. The molecule has 0 fully saturated rings. The second-order valence-electron chi connectivity index (χ2n) is 3.80. The van der Waals surface area contributed by atoms with Crippen LogP contribution in [-0.2, 0) is 0 Å². The minimum atomic E-state index is 0.621. The molecule has 0 saturated carbocycles. The number of rotatable bonds is 6. The van der Waals surface area contributed by atoms with E-state index in [1.54, 1.807) is 14.2 Å². The Labute approximate surface area is 114 Å². The Morgan fingerprint density at radius 3 is 2.56 bits per heavy atom. The van der Waals surface area contributed by atoms with Crippen molar-refractivity contribution in [2.45, 2.75) is 19.8 Å². The van der Waals surface area contributed by atoms with E-state index in [1.807, 2.05) is 18.2 Å². The Bertz CT molecular complexity index is 397. The summed E-state index contributed by atoms with van der Waals surface area (Å²) in [5, 5.41) is 6.88. The van der Waals surface area contributed by atoms with Crippen LogP contribution in [-0.4, -0.2) is 25.9 Å². The number of benzene rings is 1. The fourth-order valence-corrected chi connectivity index (χ4v) is 1.69. The topological polar surface area (TPSA) is 42.5 Å². The molecule has 0 unspecified atom stereocenters. The third-order valence-electron chi connectivity index (χ3n) is 2.46. The van der Waals surface area contributed by atoms with Crippen molar-refractivity contribution in [1.82, 2.24) is 5.32 Å². The van der Waals surface area contributed by atoms with Crippen molar-refractivity contribution in [2.24, 2.45) is 0 Å². The van der Waals surface area contributed by atoms with Crippen LogP contribution in [0.5, 0.6) is 11.5 Å². The van der Waals surface area contributed by atoms with Crippen molar-refractivity contribution in [3.63, 3.8) is 0 Å². The smallest absolute Gasteiger partial charge is 0.170 e. The molecule has 100 valence electrons. The first-order valence-corrected chi connectivity index (χ1v) is 6.39. The van der Waals surface area contributed by atoms with Gasteiger partial charge in [-0.15, -0.1) is 0 Å². The molecule has 0 spiro atoms. The quantitative estimate of drug-likeness (QED) is 0.613. The summed E-state index contributed by atoms with van der Waals surface area (Å²) in [6, 6.07) is 5.59. The highest BCUT2D eigenvalue weighted by atomic mass is 32.1. The van der Waals surface area contributed by atoms with Crippen LogP contribution in [0.2, 0.25) is 0 Å². The summed E-state index contributed by atoms with van der Waals surface area (Å²) in [6.07, 6.45) is 2.25. The fraction of sp³-hybridized carbons (Fsp3) is 0.462. The highest BCUT2D eigenvalue weighted by molar-refractivity contribution is 7.80. The molecule has 0 heterocycles. The summed E-state index contributed by atoms with van der Waals surface area (Å²) in [5.41, 5.74) is 0.877. The predicted octanol–water partition coefficient (Wildman–Crippen LogP) is 2.79. The Kier molecular flexibility index (Phi) is 6.28. The van der Waals surface area contributed by atoms with Crippen molar-refractivity contribution < 1.29 is 9.47 Å². The monoisotopic (exact) mass is 268 g/mol. The van der Waals surface area contributed by atoms with Gasteiger partial charge < -0.3 is 20.1 Å². The summed E-state index contributed by atoms with van der Waals surface area (Å²) in [4.78, 5) is 0. The van der Waals surface area contributed by atoms with Gasteiger partial charge in [0.05, 0.1) is 14.2 Å². The fourth-order valence-electron chi connectivity index (χ4n) is 1.47. The van der Waals surface area contributed by atoms with Gasteiger partial charge in [0.25, 0.3) is 0 Å². The highest BCUT2D eigenvalue weighted by Gasteiger charge is 2.05. The molecule has 4 nitrogen and oxygen atoms in total. The molecule has 0 atom stereocenters. The van der Waals surface area contributed by atoms with Gasteiger partial charge in [-0.3, -0.25) is 0 Å². The van der Waals surface area contributed by atoms with Crippen LogP contribution in [0.4, 0.5) is 5.69 Å². The molecule has 1 aromatic rings. The normalized spacial score (nSPS) is 9.72. The van der Waals surface area contributed by atoms with Gasteiger partial charge in [0.1, 0.15) is 0 Å². The number of ether oxygens (including phenoxy) is 2. The van der Waals surface area contributed by atoms with Gasteiger partial charge in [0.2, 0.25) is 0 Å². The number of nitrogens with one attached hydrogen (secondary N) is 2. The first-order valence-electron chi connectivity index (χ1n) is 5.98. The maximum atomic E-state index is 5.23. The molecular weight excluding hydrogens is 248 g/mol. The van der Waals surface area contributed by atoms with E-state index < -0.39 is 0 Å². The second-order valence-corrected chi connectivity index (χ2v) is 4.21. The average Bonchev–Trinajstić information content (AvgIpc) is 2.39. The van der Waals surface area contributed by atoms with Gasteiger partial charge >= 0.3 is 0 Å². The Morgan fingerprint density at radius 2 is 1.94 bits per heavy atom. The molecule has 0 aliphatic rings. The molecule has 0 aromatic heterocycles. The van der Waals surface area contributed by atoms with E-state index >= 15 is 0 Å². The summed E-state index contributed by atoms with van der Waals surface area (Å²) < 4.78 is 10.4. The molecule has 0 saturated heterocycles. The number of thiocarbonyl (C=S) groups is 1. The summed E-state index contributed by atoms with van der Waals surface area (Å²) in [7, 11) is 3.22. The number of methoxy groups -OCH3 is 2. The van der Waals surface area contributed by atoms with Gasteiger partial charge in [0, 0.05) is 18.3 Å². The third-order valence-corrected chi connectivity index (χ3v) is 2.70. The molecule has 0 aliphatic heterocycles. The molecule has 18 heavy (non-hydrogen) atoms. The Morgan fingerprint density at radius 1 is 1.22 bits per heavy atom. The maximum Gasteiger partial charge on any atom is 0.170 e. The minimum Gasteiger partial charge on any atom is -0.493 e. The summed E-state index contributed by atoms with van der Waals surface area (Å²) >= 11 is 5.20. The maximum absolute atomic E-state index is 5.23. The van der Waals surface area contributed by atoms with E-state index in [-0.39, 0.29) is 0 Å². The molecule has 1 rings (SSSR count). The van der Waals surface area contributed by atoms with Gasteiger partial charge in [-0.25, -0.2) is 0 Å². The van der Waals surface area contributed by atoms with Crippen LogP contribution in [0.1, 0.15) is 19.8 Å². The zero-order valence-electron chi connectivity index (χ0n) is 11.1. The van der Waals surface area contributed by atoms with Crippen molar-refractivity contribution >= 4 is 23.0 Å². The molecule has 0 radical (unpaired) electrons. The van der Waals surface area contributed by atoms with E-state index in [0.717, 1.165) is 25.1 Å². The van der Waals surface area contributed by atoms with Crippen LogP contribution >= 0.6 is 12.2 Å². The van der Waals surface area contributed by atoms with E-state index in [9.17, 15) is 0 Å². The second kappa shape index (κ2) is 7.76. The van der Waals surface area contributed by atoms with E-state index in [2.05, 4.69) is 17.6 Å². The number of hydrogen-bond acceptors (Lipinski definition) is 3. The third kappa shape index (κ3) is 4.41. The van der Waals surface area contributed by atoms with Crippen LogP contribution in [0.25, 0.3) is 0 Å². The lowest BCUT2D eigenvalue weighted by molar-refractivity contribution is 0.355. The highest BCUT2D eigenvalue weighted by Crippen LogP contribution is 2.29. The van der Waals surface area contributed by atoms with Crippen molar-refractivity contribution in [3.8, 4) is 11.5 Å². The zero-order valence-corrected chi connectivity index (χ0v) is 11.9. The Hall–Kier alpha value is -1.49. The average molecular weight is 268 g/mol. The van der Waals surface area contributed by atoms with E-state index in [4.69, 9.17) is 21.7 Å². The zero-order chi connectivity index (χ0) is 13.4. The first kappa shape index (κ1) is 14.6. The summed E-state index contributed by atoms with van der Waals surface area (Å²) in [6.45, 7) is 3.03. The molecule has 0 aliphatic carbocycles. The molecule has 2 N–H and O–H groups in total. The van der Waals surface area contributed by atoms with Gasteiger partial charge in [-0.2, -0.15) is 0 Å². The molecular formula is C13H20N2O2S. The van der Waals surface area contributed by atoms with Gasteiger partial charge in [-0.05, 0) is 30.8 Å². The first-order chi connectivity index (χ1) is 8.71. The number of hydrogen-bond donors (Lipinski definition) is 2. The summed E-state index contributed by atoms with van der Waals surface area (Å²) in [5.74, 6) is 1.38. The standard InChI is InChI=1S/C13H20N2O2S/c1-4-5-8-14-13(18)15-10-6-7-11(16-2)12(9-10)17-3/h6-7,9H,4-5,8H2,1-3H3,(H2,14,15,18). The van der Waals surface area contributed by atoms with Crippen molar-refractivity contribution in [2.75, 3.05) is 26.1 Å². The minimum absolute atomic E-state index is 0.621. The molecule has 0 amide bonds. The number of anilines is 1. The Balaban J connectivity index is 2.59. The van der Waals surface area contributed by atoms with Crippen LogP contribution < -0.4 is 20.1 Å². The lowest BCUT2D eigenvalue weighted by Crippen LogP contribution is -2.29. The van der Waals surface area contributed by atoms with Crippen LogP contribution in [0.15, 0.2) is 18.2 Å². The van der Waals surface area contributed by atoms with Gasteiger partial charge in [-0.1, -0.05) is 13.3 Å². The molecule has 0 bridgehead atoms. The van der Waals surface area contributed by atoms with Crippen LogP contribution in [0, 0.1) is 0 Å². The lowest BCUT2D eigenvalue weighted by atomic mass is 10.3.